The fourth-order valence-electron chi connectivity index (χ4n) is 3.24. The van der Waals surface area contributed by atoms with Gasteiger partial charge in [-0.3, -0.25) is 9.36 Å². The fourth-order valence-corrected chi connectivity index (χ4v) is 3.41. The van der Waals surface area contributed by atoms with E-state index in [1.165, 1.54) is 0 Å². The number of nitrogens with zero attached hydrogens (tertiary/aromatic N) is 5. The number of ether oxygens (including phenoxy) is 1. The van der Waals surface area contributed by atoms with Crippen LogP contribution in [-0.2, 0) is 22.7 Å². The van der Waals surface area contributed by atoms with Crippen molar-refractivity contribution in [2.24, 2.45) is 0 Å². The van der Waals surface area contributed by atoms with Crippen molar-refractivity contribution in [3.63, 3.8) is 0 Å². The maximum atomic E-state index is 12.5. The summed E-state index contributed by atoms with van der Waals surface area (Å²) in [5.41, 5.74) is 2.46. The molecule has 9 nitrogen and oxygen atoms in total. The second-order valence-electron chi connectivity index (χ2n) is 6.83. The molecule has 0 spiro atoms. The molecule has 1 aliphatic heterocycles. The van der Waals surface area contributed by atoms with Gasteiger partial charge in [-0.1, -0.05) is 11.6 Å². The van der Waals surface area contributed by atoms with Crippen molar-refractivity contribution in [3.8, 4) is 17.1 Å². The number of amides is 1. The number of carbonyl (C=O) groups excluding carboxylic acids is 2. The predicted molar refractivity (Wildman–Crippen MR) is 105 cm³/mol. The smallest absolute Gasteiger partial charge is 0.272 e. The maximum absolute atomic E-state index is 12.5. The van der Waals surface area contributed by atoms with Gasteiger partial charge >= 0.3 is 0 Å². The number of nitrogens with one attached hydrogen (secondary N) is 1. The van der Waals surface area contributed by atoms with Crippen LogP contribution in [0, 0.1) is 0 Å². The molecule has 0 saturated carbocycles. The normalized spacial score (nSPS) is 12.1. The average molecular weight is 415 g/mol. The second kappa shape index (κ2) is 7.76. The molecule has 0 atom stereocenters. The molecule has 29 heavy (non-hydrogen) atoms. The Kier molecular flexibility index (Phi) is 5.16. The van der Waals surface area contributed by atoms with Gasteiger partial charge in [0.1, 0.15) is 19.2 Å². The van der Waals surface area contributed by atoms with E-state index in [0.717, 1.165) is 11.3 Å². The van der Waals surface area contributed by atoms with Crippen LogP contribution in [0.2, 0.25) is 5.02 Å². The Hall–Kier alpha value is -3.04. The lowest BCUT2D eigenvalue weighted by Gasteiger charge is -2.11. The summed E-state index contributed by atoms with van der Waals surface area (Å²) >= 11 is 6.24. The molecule has 3 heterocycles. The molecule has 1 aliphatic rings. The minimum atomic E-state index is -0.419. The van der Waals surface area contributed by atoms with Gasteiger partial charge in [0.25, 0.3) is 5.91 Å². The molecule has 1 aromatic carbocycles. The SMILES string of the molecule is CC(C)OCc1nnc2n1Cc1c(C(=O)NCC=O)ncn1-c1ccc(Cl)cc1-2. The van der Waals surface area contributed by atoms with Crippen LogP contribution in [0.15, 0.2) is 24.5 Å². The lowest BCUT2D eigenvalue weighted by molar-refractivity contribution is -0.107. The van der Waals surface area contributed by atoms with Crippen molar-refractivity contribution in [3.05, 3.63) is 46.8 Å². The second-order valence-corrected chi connectivity index (χ2v) is 7.27. The summed E-state index contributed by atoms with van der Waals surface area (Å²) in [7, 11) is 0. The van der Waals surface area contributed by atoms with Gasteiger partial charge in [0.15, 0.2) is 17.3 Å². The molecule has 1 amide bonds. The summed E-state index contributed by atoms with van der Waals surface area (Å²) in [6.07, 6.45) is 2.25. The van der Waals surface area contributed by atoms with E-state index in [-0.39, 0.29) is 24.9 Å². The number of hydrogen-bond acceptors (Lipinski definition) is 6. The van der Waals surface area contributed by atoms with Gasteiger partial charge in [-0.25, -0.2) is 4.98 Å². The van der Waals surface area contributed by atoms with Gasteiger partial charge in [-0.15, -0.1) is 10.2 Å². The lowest BCUT2D eigenvalue weighted by Crippen LogP contribution is -2.27. The minimum absolute atomic E-state index is 0.0330. The van der Waals surface area contributed by atoms with Crippen molar-refractivity contribution in [1.82, 2.24) is 29.6 Å². The van der Waals surface area contributed by atoms with Crippen molar-refractivity contribution < 1.29 is 14.3 Å². The number of aldehydes is 1. The zero-order valence-corrected chi connectivity index (χ0v) is 16.7. The highest BCUT2D eigenvalue weighted by Crippen LogP contribution is 2.34. The third kappa shape index (κ3) is 3.54. The summed E-state index contributed by atoms with van der Waals surface area (Å²) in [4.78, 5) is 27.5. The molecule has 3 aromatic rings. The Morgan fingerprint density at radius 3 is 2.97 bits per heavy atom. The van der Waals surface area contributed by atoms with Crippen LogP contribution in [0.3, 0.4) is 0 Å². The summed E-state index contributed by atoms with van der Waals surface area (Å²) in [5, 5.41) is 11.7. The lowest BCUT2D eigenvalue weighted by atomic mass is 10.1. The molecule has 0 bridgehead atoms. The molecule has 2 aromatic heterocycles. The Morgan fingerprint density at radius 2 is 2.21 bits per heavy atom. The number of imidazole rings is 1. The summed E-state index contributed by atoms with van der Waals surface area (Å²) in [5.74, 6) is 0.846. The van der Waals surface area contributed by atoms with Crippen LogP contribution in [-0.4, -0.2) is 49.2 Å². The van der Waals surface area contributed by atoms with Crippen LogP contribution < -0.4 is 5.32 Å². The molecule has 1 N–H and O–H groups in total. The van der Waals surface area contributed by atoms with Crippen molar-refractivity contribution >= 4 is 23.8 Å². The first-order valence-electron chi connectivity index (χ1n) is 9.11. The highest BCUT2D eigenvalue weighted by molar-refractivity contribution is 6.31. The Balaban J connectivity index is 1.86. The van der Waals surface area contributed by atoms with Gasteiger partial charge in [-0.2, -0.15) is 0 Å². The molecule has 0 aliphatic carbocycles. The van der Waals surface area contributed by atoms with E-state index in [4.69, 9.17) is 16.3 Å². The first-order chi connectivity index (χ1) is 14.0. The van der Waals surface area contributed by atoms with Gasteiger partial charge in [0, 0.05) is 10.6 Å². The van der Waals surface area contributed by atoms with Crippen molar-refractivity contribution in [1.29, 1.82) is 0 Å². The quantitative estimate of drug-likeness (QED) is 0.484. The first kappa shape index (κ1) is 19.3. The number of hydrogen-bond donors (Lipinski definition) is 1. The van der Waals surface area contributed by atoms with Crippen molar-refractivity contribution in [2.45, 2.75) is 33.1 Å². The zero-order chi connectivity index (χ0) is 20.5. The van der Waals surface area contributed by atoms with E-state index < -0.39 is 5.91 Å². The van der Waals surface area contributed by atoms with Crippen LogP contribution in [0.25, 0.3) is 17.1 Å². The Bertz CT molecular complexity index is 1090. The van der Waals surface area contributed by atoms with Crippen molar-refractivity contribution in [2.75, 3.05) is 6.54 Å². The molecular weight excluding hydrogens is 396 g/mol. The molecule has 0 radical (unpaired) electrons. The van der Waals surface area contributed by atoms with Crippen LogP contribution in [0.5, 0.6) is 0 Å². The number of halogens is 1. The third-order valence-corrected chi connectivity index (χ3v) is 4.80. The molecule has 150 valence electrons. The average Bonchev–Trinajstić information content (AvgIpc) is 3.26. The third-order valence-electron chi connectivity index (χ3n) is 4.57. The van der Waals surface area contributed by atoms with Gasteiger partial charge in [0.2, 0.25) is 0 Å². The number of rotatable bonds is 6. The minimum Gasteiger partial charge on any atom is -0.371 e. The van der Waals surface area contributed by atoms with Gasteiger partial charge in [0.05, 0.1) is 30.6 Å². The zero-order valence-electron chi connectivity index (χ0n) is 15.9. The molecule has 0 unspecified atom stereocenters. The van der Waals surface area contributed by atoms with E-state index in [0.29, 0.717) is 35.2 Å². The highest BCUT2D eigenvalue weighted by Gasteiger charge is 2.28. The molecule has 10 heteroatoms. The summed E-state index contributed by atoms with van der Waals surface area (Å²) in [6, 6.07) is 5.43. The summed E-state index contributed by atoms with van der Waals surface area (Å²) in [6.45, 7) is 4.40. The standard InChI is InChI=1S/C19H19ClN6O3/c1-11(2)29-9-16-23-24-18-13-7-12(20)3-4-14(13)26-10-22-17(15(26)8-25(16)18)19(28)21-5-6-27/h3-4,6-7,10-11H,5,8-9H2,1-2H3,(H,21,28). The molecular formula is C19H19ClN6O3. The molecule has 0 saturated heterocycles. The maximum Gasteiger partial charge on any atom is 0.272 e. The number of aromatic nitrogens is 5. The topological polar surface area (TPSA) is 104 Å². The summed E-state index contributed by atoms with van der Waals surface area (Å²) < 4.78 is 9.45. The number of benzene rings is 1. The Labute approximate surface area is 171 Å². The van der Waals surface area contributed by atoms with E-state index in [1.807, 2.05) is 35.1 Å². The largest absolute Gasteiger partial charge is 0.371 e. The van der Waals surface area contributed by atoms with Crippen LogP contribution in [0.1, 0.15) is 35.9 Å². The molecule has 4 rings (SSSR count). The predicted octanol–water partition coefficient (Wildman–Crippen LogP) is 2.00. The van der Waals surface area contributed by atoms with E-state index >= 15 is 0 Å². The van der Waals surface area contributed by atoms with Gasteiger partial charge in [-0.05, 0) is 32.0 Å². The van der Waals surface area contributed by atoms with E-state index in [9.17, 15) is 9.59 Å². The fraction of sp³-hybridized carbons (Fsp3) is 0.316. The van der Waals surface area contributed by atoms with Crippen LogP contribution in [0.4, 0.5) is 0 Å². The first-order valence-corrected chi connectivity index (χ1v) is 9.49. The molecule has 0 fully saturated rings. The Morgan fingerprint density at radius 1 is 1.38 bits per heavy atom. The van der Waals surface area contributed by atoms with E-state index in [2.05, 4.69) is 20.5 Å². The van der Waals surface area contributed by atoms with Crippen LogP contribution >= 0.6 is 11.6 Å². The van der Waals surface area contributed by atoms with Gasteiger partial charge < -0.3 is 19.4 Å². The van der Waals surface area contributed by atoms with E-state index in [1.54, 1.807) is 12.4 Å². The monoisotopic (exact) mass is 414 g/mol. The highest BCUT2D eigenvalue weighted by atomic mass is 35.5. The number of fused-ring (bicyclic) bond motifs is 5. The number of carbonyl (C=O) groups is 2.